The molecular weight excluding hydrogens is 387 g/mol. The van der Waals surface area contributed by atoms with Crippen LogP contribution in [0.3, 0.4) is 0 Å². The molecule has 0 aliphatic heterocycles. The Morgan fingerprint density at radius 3 is 2.58 bits per heavy atom. The van der Waals surface area contributed by atoms with E-state index in [1.165, 1.54) is 39.0 Å². The number of alkyl halides is 3. The van der Waals surface area contributed by atoms with Crippen molar-refractivity contribution < 1.29 is 18.0 Å². The van der Waals surface area contributed by atoms with Gasteiger partial charge in [0.2, 0.25) is 5.13 Å². The quantitative estimate of drug-likeness (QED) is 0.559. The SMILES string of the molecule is CC(Cc1cccc(C(F)(F)F)n1)Sc1nnc(N(C)C(=O)N(C)C)s1. The summed E-state index contributed by atoms with van der Waals surface area (Å²) in [7, 11) is 4.88. The number of amides is 2. The standard InChI is InChI=1S/C15H18F3N5OS2/c1-9(8-10-6-5-7-11(19-10)15(16,17)18)25-13-21-20-12(26-13)23(4)14(24)22(2)3/h5-7,9H,8H2,1-4H3. The van der Waals surface area contributed by atoms with E-state index in [0.29, 0.717) is 21.6 Å². The van der Waals surface area contributed by atoms with E-state index in [-0.39, 0.29) is 11.3 Å². The van der Waals surface area contributed by atoms with Crippen LogP contribution in [0.25, 0.3) is 0 Å². The van der Waals surface area contributed by atoms with Crippen molar-refractivity contribution in [1.82, 2.24) is 20.1 Å². The number of urea groups is 1. The summed E-state index contributed by atoms with van der Waals surface area (Å²) in [6.07, 6.45) is -4.10. The minimum atomic E-state index is -4.45. The predicted molar refractivity (Wildman–Crippen MR) is 95.7 cm³/mol. The van der Waals surface area contributed by atoms with Gasteiger partial charge < -0.3 is 4.90 Å². The lowest BCUT2D eigenvalue weighted by atomic mass is 10.2. The van der Waals surface area contributed by atoms with Gasteiger partial charge in [-0.05, 0) is 12.1 Å². The second-order valence-electron chi connectivity index (χ2n) is 5.73. The highest BCUT2D eigenvalue weighted by Gasteiger charge is 2.32. The lowest BCUT2D eigenvalue weighted by molar-refractivity contribution is -0.141. The molecule has 0 spiro atoms. The fourth-order valence-corrected chi connectivity index (χ4v) is 4.16. The summed E-state index contributed by atoms with van der Waals surface area (Å²) < 4.78 is 38.8. The molecule has 26 heavy (non-hydrogen) atoms. The predicted octanol–water partition coefficient (Wildman–Crippen LogP) is 3.79. The van der Waals surface area contributed by atoms with E-state index in [4.69, 9.17) is 0 Å². The number of nitrogens with zero attached hydrogens (tertiary/aromatic N) is 5. The van der Waals surface area contributed by atoms with Crippen LogP contribution >= 0.6 is 23.1 Å². The first-order valence-electron chi connectivity index (χ1n) is 7.56. The van der Waals surface area contributed by atoms with Crippen LogP contribution in [0.4, 0.5) is 23.1 Å². The Kier molecular flexibility index (Phi) is 6.45. The third-order valence-corrected chi connectivity index (χ3v) is 5.43. The molecule has 1 unspecified atom stereocenters. The number of halogens is 3. The van der Waals surface area contributed by atoms with Gasteiger partial charge in [-0.2, -0.15) is 13.2 Å². The van der Waals surface area contributed by atoms with Gasteiger partial charge in [-0.15, -0.1) is 10.2 Å². The number of anilines is 1. The number of carbonyl (C=O) groups excluding carboxylic acids is 1. The van der Waals surface area contributed by atoms with E-state index in [9.17, 15) is 18.0 Å². The van der Waals surface area contributed by atoms with Crippen molar-refractivity contribution in [2.24, 2.45) is 0 Å². The highest BCUT2D eigenvalue weighted by Crippen LogP contribution is 2.32. The van der Waals surface area contributed by atoms with Crippen molar-refractivity contribution in [3.05, 3.63) is 29.6 Å². The molecule has 0 bridgehead atoms. The Morgan fingerprint density at radius 2 is 1.96 bits per heavy atom. The van der Waals surface area contributed by atoms with Crippen LogP contribution in [-0.4, -0.2) is 52.5 Å². The molecule has 2 amide bonds. The lowest BCUT2D eigenvalue weighted by Crippen LogP contribution is -2.36. The van der Waals surface area contributed by atoms with Crippen molar-refractivity contribution in [1.29, 1.82) is 0 Å². The number of hydrogen-bond acceptors (Lipinski definition) is 6. The number of pyridine rings is 1. The van der Waals surface area contributed by atoms with Crippen molar-refractivity contribution in [3.63, 3.8) is 0 Å². The zero-order valence-electron chi connectivity index (χ0n) is 14.6. The highest BCUT2D eigenvalue weighted by atomic mass is 32.2. The number of aromatic nitrogens is 3. The number of thioether (sulfide) groups is 1. The van der Waals surface area contributed by atoms with Crippen molar-refractivity contribution in [2.75, 3.05) is 26.0 Å². The number of rotatable bonds is 5. The van der Waals surface area contributed by atoms with Crippen molar-refractivity contribution in [2.45, 2.75) is 29.1 Å². The largest absolute Gasteiger partial charge is 0.433 e. The fourth-order valence-electron chi connectivity index (χ4n) is 2.03. The smallest absolute Gasteiger partial charge is 0.330 e. The summed E-state index contributed by atoms with van der Waals surface area (Å²) in [5.41, 5.74) is -0.529. The molecule has 2 heterocycles. The molecule has 6 nitrogen and oxygen atoms in total. The second kappa shape index (κ2) is 8.21. The van der Waals surface area contributed by atoms with Gasteiger partial charge in [-0.3, -0.25) is 4.90 Å². The van der Waals surface area contributed by atoms with E-state index < -0.39 is 11.9 Å². The maximum Gasteiger partial charge on any atom is 0.433 e. The maximum absolute atomic E-state index is 12.7. The van der Waals surface area contributed by atoms with Gasteiger partial charge in [0.05, 0.1) is 0 Å². The average molecular weight is 405 g/mol. The van der Waals surface area contributed by atoms with Crippen LogP contribution in [0.1, 0.15) is 18.3 Å². The minimum absolute atomic E-state index is 0.0540. The van der Waals surface area contributed by atoms with Crippen molar-refractivity contribution >= 4 is 34.3 Å². The molecule has 0 aromatic carbocycles. The molecular formula is C15H18F3N5OS2. The Hall–Kier alpha value is -1.88. The zero-order chi connectivity index (χ0) is 19.5. The summed E-state index contributed by atoms with van der Waals surface area (Å²) in [6, 6.07) is 3.66. The van der Waals surface area contributed by atoms with E-state index >= 15 is 0 Å². The van der Waals surface area contributed by atoms with Crippen LogP contribution < -0.4 is 4.90 Å². The monoisotopic (exact) mass is 405 g/mol. The molecule has 0 aliphatic rings. The molecule has 142 valence electrons. The molecule has 2 aromatic rings. The summed E-state index contributed by atoms with van der Waals surface area (Å²) in [6.45, 7) is 1.88. The molecule has 1 atom stereocenters. The average Bonchev–Trinajstić information content (AvgIpc) is 3.01. The van der Waals surface area contributed by atoms with Gasteiger partial charge >= 0.3 is 12.2 Å². The zero-order valence-corrected chi connectivity index (χ0v) is 16.2. The van der Waals surface area contributed by atoms with Gasteiger partial charge in [-0.1, -0.05) is 36.1 Å². The second-order valence-corrected chi connectivity index (χ2v) is 8.37. The molecule has 11 heteroatoms. The first-order valence-corrected chi connectivity index (χ1v) is 9.26. The van der Waals surface area contributed by atoms with Crippen LogP contribution in [-0.2, 0) is 12.6 Å². The summed E-state index contributed by atoms with van der Waals surface area (Å²) in [5.74, 6) is 0. The molecule has 0 radical (unpaired) electrons. The molecule has 2 aromatic heterocycles. The molecule has 0 aliphatic carbocycles. The van der Waals surface area contributed by atoms with Crippen LogP contribution in [0.15, 0.2) is 22.5 Å². The fraction of sp³-hybridized carbons (Fsp3) is 0.467. The molecule has 0 fully saturated rings. The Labute approximate surface area is 157 Å². The summed E-state index contributed by atoms with van der Waals surface area (Å²) in [5, 5.41) is 8.42. The van der Waals surface area contributed by atoms with E-state index in [0.717, 1.165) is 6.07 Å². The summed E-state index contributed by atoms with van der Waals surface area (Å²) >= 11 is 2.63. The number of carbonyl (C=O) groups is 1. The van der Waals surface area contributed by atoms with Crippen LogP contribution in [0, 0.1) is 0 Å². The van der Waals surface area contributed by atoms with E-state index in [2.05, 4.69) is 15.2 Å². The topological polar surface area (TPSA) is 62.2 Å². The van der Waals surface area contributed by atoms with E-state index in [1.807, 2.05) is 6.92 Å². The normalized spacial score (nSPS) is 12.7. The minimum Gasteiger partial charge on any atom is -0.330 e. The highest BCUT2D eigenvalue weighted by molar-refractivity contribution is 8.01. The Morgan fingerprint density at radius 1 is 1.27 bits per heavy atom. The number of hydrogen-bond donors (Lipinski definition) is 0. The molecule has 2 rings (SSSR count). The molecule has 0 saturated heterocycles. The van der Waals surface area contributed by atoms with Gasteiger partial charge in [0.15, 0.2) is 4.34 Å². The maximum atomic E-state index is 12.7. The van der Waals surface area contributed by atoms with Gasteiger partial charge in [0, 0.05) is 38.5 Å². The first kappa shape index (κ1) is 20.4. The Balaban J connectivity index is 2.01. The van der Waals surface area contributed by atoms with Gasteiger partial charge in [0.1, 0.15) is 5.69 Å². The third kappa shape index (κ3) is 5.31. The Bertz CT molecular complexity index is 766. The van der Waals surface area contributed by atoms with Gasteiger partial charge in [-0.25, -0.2) is 9.78 Å². The molecule has 0 saturated carbocycles. The van der Waals surface area contributed by atoms with E-state index in [1.54, 1.807) is 27.2 Å². The molecule has 0 N–H and O–H groups in total. The lowest BCUT2D eigenvalue weighted by Gasteiger charge is -2.18. The first-order chi connectivity index (χ1) is 12.1. The van der Waals surface area contributed by atoms with Gasteiger partial charge in [0.25, 0.3) is 0 Å². The summed E-state index contributed by atoms with van der Waals surface area (Å²) in [4.78, 5) is 18.4. The van der Waals surface area contributed by atoms with Crippen LogP contribution in [0.5, 0.6) is 0 Å². The van der Waals surface area contributed by atoms with Crippen LogP contribution in [0.2, 0.25) is 0 Å². The van der Waals surface area contributed by atoms with Crippen molar-refractivity contribution in [3.8, 4) is 0 Å². The third-order valence-electron chi connectivity index (χ3n) is 3.25.